The lowest BCUT2D eigenvalue weighted by molar-refractivity contribution is -0.118. The molecule has 0 aliphatic heterocycles. The lowest BCUT2D eigenvalue weighted by Gasteiger charge is -2.10. The van der Waals surface area contributed by atoms with E-state index in [1.165, 1.54) is 17.3 Å². The molecule has 3 aromatic rings. The first kappa shape index (κ1) is 20.7. The summed E-state index contributed by atoms with van der Waals surface area (Å²) >= 11 is 1.29. The van der Waals surface area contributed by atoms with Gasteiger partial charge in [0.05, 0.1) is 19.4 Å². The van der Waals surface area contributed by atoms with Gasteiger partial charge in [0.15, 0.2) is 17.3 Å². The van der Waals surface area contributed by atoms with E-state index in [-0.39, 0.29) is 11.7 Å². The van der Waals surface area contributed by atoms with Crippen molar-refractivity contribution in [2.75, 3.05) is 26.0 Å². The SMILES string of the molecule is CCc1ccc(-c2nc(SCC(=O)NCCOc3ccccc3OC)n[nH]2)cc1. The van der Waals surface area contributed by atoms with Crippen LogP contribution in [0.25, 0.3) is 11.4 Å². The maximum absolute atomic E-state index is 12.0. The maximum atomic E-state index is 12.0. The van der Waals surface area contributed by atoms with E-state index >= 15 is 0 Å². The Morgan fingerprint density at radius 2 is 1.90 bits per heavy atom. The van der Waals surface area contributed by atoms with Gasteiger partial charge in [0.1, 0.15) is 6.61 Å². The van der Waals surface area contributed by atoms with Crippen molar-refractivity contribution in [2.24, 2.45) is 0 Å². The van der Waals surface area contributed by atoms with Crippen LogP contribution in [0.2, 0.25) is 0 Å². The molecule has 3 rings (SSSR count). The molecule has 29 heavy (non-hydrogen) atoms. The van der Waals surface area contributed by atoms with Gasteiger partial charge in [0, 0.05) is 5.56 Å². The number of ether oxygens (including phenoxy) is 2. The van der Waals surface area contributed by atoms with Gasteiger partial charge in [-0.05, 0) is 24.1 Å². The zero-order chi connectivity index (χ0) is 20.5. The summed E-state index contributed by atoms with van der Waals surface area (Å²) in [4.78, 5) is 16.5. The molecule has 0 atom stereocenters. The van der Waals surface area contributed by atoms with Crippen LogP contribution >= 0.6 is 11.8 Å². The Kier molecular flexibility index (Phi) is 7.52. The first-order valence-corrected chi connectivity index (χ1v) is 10.3. The number of benzene rings is 2. The van der Waals surface area contributed by atoms with E-state index in [2.05, 4.69) is 39.6 Å². The number of aromatic amines is 1. The van der Waals surface area contributed by atoms with E-state index in [0.29, 0.717) is 35.6 Å². The maximum Gasteiger partial charge on any atom is 0.230 e. The molecule has 0 bridgehead atoms. The zero-order valence-electron chi connectivity index (χ0n) is 16.5. The third-order valence-corrected chi connectivity index (χ3v) is 5.03. The molecular weight excluding hydrogens is 388 g/mol. The summed E-state index contributed by atoms with van der Waals surface area (Å²) in [6.07, 6.45) is 0.997. The Bertz CT molecular complexity index is 928. The van der Waals surface area contributed by atoms with Gasteiger partial charge in [-0.15, -0.1) is 5.10 Å². The average Bonchev–Trinajstić information content (AvgIpc) is 3.24. The second kappa shape index (κ2) is 10.5. The lowest BCUT2D eigenvalue weighted by Crippen LogP contribution is -2.29. The first-order chi connectivity index (χ1) is 14.2. The van der Waals surface area contributed by atoms with E-state index in [1.54, 1.807) is 7.11 Å². The summed E-state index contributed by atoms with van der Waals surface area (Å²) in [6.45, 7) is 2.88. The normalized spacial score (nSPS) is 10.6. The highest BCUT2D eigenvalue weighted by molar-refractivity contribution is 7.99. The van der Waals surface area contributed by atoms with Crippen LogP contribution in [0.5, 0.6) is 11.5 Å². The fraction of sp³-hybridized carbons (Fsp3) is 0.286. The Hall–Kier alpha value is -3.00. The predicted octanol–water partition coefficient (Wildman–Crippen LogP) is 3.33. The summed E-state index contributed by atoms with van der Waals surface area (Å²) in [5, 5.41) is 10.5. The molecule has 0 saturated heterocycles. The number of aryl methyl sites for hydroxylation is 1. The number of nitrogens with zero attached hydrogens (tertiary/aromatic N) is 2. The van der Waals surface area contributed by atoms with Gasteiger partial charge in [-0.25, -0.2) is 4.98 Å². The highest BCUT2D eigenvalue weighted by atomic mass is 32.2. The predicted molar refractivity (Wildman–Crippen MR) is 113 cm³/mol. The van der Waals surface area contributed by atoms with E-state index in [9.17, 15) is 4.79 Å². The van der Waals surface area contributed by atoms with Gasteiger partial charge in [-0.3, -0.25) is 9.89 Å². The quantitative estimate of drug-likeness (QED) is 0.392. The number of para-hydroxylation sites is 2. The standard InChI is InChI=1S/C21H24N4O3S/c1-3-15-8-10-16(11-9-15)20-23-21(25-24-20)29-14-19(26)22-12-13-28-18-7-5-4-6-17(18)27-2/h4-11H,3,12-14H2,1-2H3,(H,22,26)(H,23,24,25). The molecule has 7 nitrogen and oxygen atoms in total. The van der Waals surface area contributed by atoms with Crippen molar-refractivity contribution in [3.8, 4) is 22.9 Å². The molecule has 0 saturated carbocycles. The molecular formula is C21H24N4O3S. The van der Waals surface area contributed by atoms with Crippen LogP contribution in [0, 0.1) is 0 Å². The molecule has 8 heteroatoms. The van der Waals surface area contributed by atoms with Gasteiger partial charge in [-0.2, -0.15) is 0 Å². The Morgan fingerprint density at radius 3 is 2.62 bits per heavy atom. The molecule has 0 aliphatic carbocycles. The smallest absolute Gasteiger partial charge is 0.230 e. The van der Waals surface area contributed by atoms with Crippen molar-refractivity contribution in [1.29, 1.82) is 0 Å². The average molecular weight is 413 g/mol. The number of rotatable bonds is 10. The fourth-order valence-corrected chi connectivity index (χ4v) is 3.24. The topological polar surface area (TPSA) is 89.1 Å². The van der Waals surface area contributed by atoms with Crippen molar-refractivity contribution in [3.63, 3.8) is 0 Å². The molecule has 0 aliphatic rings. The van der Waals surface area contributed by atoms with Crippen LogP contribution in [-0.2, 0) is 11.2 Å². The van der Waals surface area contributed by atoms with Gasteiger partial charge in [0.25, 0.3) is 0 Å². The second-order valence-electron chi connectivity index (χ2n) is 6.16. The fourth-order valence-electron chi connectivity index (χ4n) is 2.61. The monoisotopic (exact) mass is 412 g/mol. The molecule has 2 N–H and O–H groups in total. The summed E-state index contributed by atoms with van der Waals surface area (Å²) in [5.74, 6) is 2.15. The van der Waals surface area contributed by atoms with E-state index < -0.39 is 0 Å². The van der Waals surface area contributed by atoms with Gasteiger partial charge < -0.3 is 14.8 Å². The summed E-state index contributed by atoms with van der Waals surface area (Å²) in [5.41, 5.74) is 2.24. The number of methoxy groups -OCH3 is 1. The van der Waals surface area contributed by atoms with Crippen LogP contribution in [0.15, 0.2) is 53.7 Å². The molecule has 0 radical (unpaired) electrons. The third kappa shape index (κ3) is 5.99. The van der Waals surface area contributed by atoms with Crippen LogP contribution in [-0.4, -0.2) is 47.1 Å². The minimum absolute atomic E-state index is 0.0997. The lowest BCUT2D eigenvalue weighted by atomic mass is 10.1. The van der Waals surface area contributed by atoms with Crippen LogP contribution in [0.3, 0.4) is 0 Å². The van der Waals surface area contributed by atoms with E-state index in [4.69, 9.17) is 9.47 Å². The highest BCUT2D eigenvalue weighted by Gasteiger charge is 2.09. The van der Waals surface area contributed by atoms with E-state index in [1.807, 2.05) is 36.4 Å². The molecule has 1 aromatic heterocycles. The number of amides is 1. The van der Waals surface area contributed by atoms with Crippen molar-refractivity contribution in [1.82, 2.24) is 20.5 Å². The van der Waals surface area contributed by atoms with Gasteiger partial charge >= 0.3 is 0 Å². The number of hydrogen-bond donors (Lipinski definition) is 2. The van der Waals surface area contributed by atoms with Crippen LogP contribution < -0.4 is 14.8 Å². The van der Waals surface area contributed by atoms with Crippen molar-refractivity contribution < 1.29 is 14.3 Å². The van der Waals surface area contributed by atoms with E-state index in [0.717, 1.165) is 12.0 Å². The summed E-state index contributed by atoms with van der Waals surface area (Å²) in [7, 11) is 1.59. The molecule has 1 amide bonds. The third-order valence-electron chi connectivity index (χ3n) is 4.18. The summed E-state index contributed by atoms with van der Waals surface area (Å²) in [6, 6.07) is 15.6. The minimum atomic E-state index is -0.0997. The molecule has 152 valence electrons. The van der Waals surface area contributed by atoms with Crippen molar-refractivity contribution in [3.05, 3.63) is 54.1 Å². The summed E-state index contributed by atoms with van der Waals surface area (Å²) < 4.78 is 10.9. The molecule has 0 spiro atoms. The number of carbonyl (C=O) groups is 1. The Balaban J connectivity index is 1.40. The highest BCUT2D eigenvalue weighted by Crippen LogP contribution is 2.25. The minimum Gasteiger partial charge on any atom is -0.493 e. The molecule has 1 heterocycles. The number of aromatic nitrogens is 3. The number of H-pyrrole nitrogens is 1. The zero-order valence-corrected chi connectivity index (χ0v) is 17.3. The number of thioether (sulfide) groups is 1. The number of carbonyl (C=O) groups excluding carboxylic acids is 1. The first-order valence-electron chi connectivity index (χ1n) is 9.36. The van der Waals surface area contributed by atoms with Gasteiger partial charge in [0.2, 0.25) is 11.1 Å². The second-order valence-corrected chi connectivity index (χ2v) is 7.10. The largest absolute Gasteiger partial charge is 0.493 e. The molecule has 0 fully saturated rings. The number of nitrogens with one attached hydrogen (secondary N) is 2. The number of hydrogen-bond acceptors (Lipinski definition) is 6. The molecule has 0 unspecified atom stereocenters. The van der Waals surface area contributed by atoms with Crippen LogP contribution in [0.1, 0.15) is 12.5 Å². The van der Waals surface area contributed by atoms with Crippen LogP contribution in [0.4, 0.5) is 0 Å². The Labute approximate surface area is 174 Å². The van der Waals surface area contributed by atoms with Gasteiger partial charge in [-0.1, -0.05) is 55.1 Å². The van der Waals surface area contributed by atoms with Crippen molar-refractivity contribution >= 4 is 17.7 Å². The van der Waals surface area contributed by atoms with Crippen molar-refractivity contribution in [2.45, 2.75) is 18.5 Å². The molecule has 2 aromatic carbocycles. The Morgan fingerprint density at radius 1 is 1.14 bits per heavy atom.